The second-order valence-electron chi connectivity index (χ2n) is 6.03. The van der Waals surface area contributed by atoms with E-state index in [1.165, 1.54) is 0 Å². The number of para-hydroxylation sites is 1. The lowest BCUT2D eigenvalue weighted by molar-refractivity contribution is 0.0597. The average Bonchev–Trinajstić information content (AvgIpc) is 3.02. The van der Waals surface area contributed by atoms with E-state index in [4.69, 9.17) is 9.15 Å². The Kier molecular flexibility index (Phi) is 6.51. The molecular weight excluding hydrogens is 340 g/mol. The van der Waals surface area contributed by atoms with Crippen molar-refractivity contribution in [1.29, 1.82) is 0 Å². The van der Waals surface area contributed by atoms with E-state index in [0.717, 1.165) is 35.6 Å². The molecule has 1 unspecified atom stereocenters. The number of ether oxygens (including phenoxy) is 1. The molecule has 2 aromatic rings. The summed E-state index contributed by atoms with van der Waals surface area (Å²) in [5.41, 5.74) is 2.05. The minimum absolute atomic E-state index is 0. The number of methoxy groups -OCH3 is 1. The molecule has 25 heavy (non-hydrogen) atoms. The van der Waals surface area contributed by atoms with E-state index in [1.54, 1.807) is 7.11 Å². The zero-order chi connectivity index (χ0) is 17.1. The smallest absolute Gasteiger partial charge is 0.290 e. The molecule has 3 rings (SSSR count). The Bertz CT molecular complexity index is 729. The van der Waals surface area contributed by atoms with Crippen LogP contribution in [-0.2, 0) is 6.42 Å². The SMILES string of the molecule is CCc1oc(C(=O)N2CCNCC2c2ccccc2OC)cc1C.Cl. The summed E-state index contributed by atoms with van der Waals surface area (Å²) in [4.78, 5) is 14.9. The number of benzene rings is 1. The lowest BCUT2D eigenvalue weighted by Gasteiger charge is -2.36. The van der Waals surface area contributed by atoms with Crippen LogP contribution in [-0.4, -0.2) is 37.6 Å². The van der Waals surface area contributed by atoms with Crippen molar-refractivity contribution in [3.63, 3.8) is 0 Å². The van der Waals surface area contributed by atoms with E-state index in [1.807, 2.05) is 49.1 Å². The highest BCUT2D eigenvalue weighted by Crippen LogP contribution is 2.31. The summed E-state index contributed by atoms with van der Waals surface area (Å²) in [6, 6.07) is 9.64. The third kappa shape index (κ3) is 3.83. The molecule has 1 aromatic carbocycles. The van der Waals surface area contributed by atoms with Gasteiger partial charge in [0.2, 0.25) is 0 Å². The number of hydrogen-bond acceptors (Lipinski definition) is 4. The van der Waals surface area contributed by atoms with Gasteiger partial charge >= 0.3 is 0 Å². The summed E-state index contributed by atoms with van der Waals surface area (Å²) in [6.07, 6.45) is 0.788. The molecule has 1 aliphatic rings. The lowest BCUT2D eigenvalue weighted by Crippen LogP contribution is -2.48. The molecule has 1 atom stereocenters. The highest BCUT2D eigenvalue weighted by atomic mass is 35.5. The topological polar surface area (TPSA) is 54.7 Å². The summed E-state index contributed by atoms with van der Waals surface area (Å²) in [5.74, 6) is 2.04. The number of carbonyl (C=O) groups excluding carboxylic acids is 1. The van der Waals surface area contributed by atoms with Crippen LogP contribution < -0.4 is 10.1 Å². The van der Waals surface area contributed by atoms with Crippen LogP contribution in [0.4, 0.5) is 0 Å². The van der Waals surface area contributed by atoms with Crippen molar-refractivity contribution < 1.29 is 13.9 Å². The number of aryl methyl sites for hydroxylation is 2. The first-order valence-corrected chi connectivity index (χ1v) is 8.39. The molecule has 136 valence electrons. The number of nitrogens with one attached hydrogen (secondary N) is 1. The Balaban J connectivity index is 0.00000225. The first-order chi connectivity index (χ1) is 11.7. The number of carbonyl (C=O) groups is 1. The van der Waals surface area contributed by atoms with Gasteiger partial charge in [0.1, 0.15) is 11.5 Å². The van der Waals surface area contributed by atoms with E-state index < -0.39 is 0 Å². The largest absolute Gasteiger partial charge is 0.496 e. The van der Waals surface area contributed by atoms with Crippen LogP contribution in [0.5, 0.6) is 5.75 Å². The molecule has 1 saturated heterocycles. The van der Waals surface area contributed by atoms with E-state index in [2.05, 4.69) is 5.32 Å². The fourth-order valence-electron chi connectivity index (χ4n) is 3.28. The van der Waals surface area contributed by atoms with Gasteiger partial charge in [-0.3, -0.25) is 4.79 Å². The molecule has 0 spiro atoms. The van der Waals surface area contributed by atoms with Gasteiger partial charge in [0.05, 0.1) is 13.2 Å². The number of rotatable bonds is 4. The maximum atomic E-state index is 13.0. The van der Waals surface area contributed by atoms with Gasteiger partial charge in [0, 0.05) is 31.6 Å². The Morgan fingerprint density at radius 1 is 1.40 bits per heavy atom. The maximum Gasteiger partial charge on any atom is 0.290 e. The van der Waals surface area contributed by atoms with Gasteiger partial charge in [-0.1, -0.05) is 25.1 Å². The first kappa shape index (κ1) is 19.3. The van der Waals surface area contributed by atoms with Gasteiger partial charge in [-0.25, -0.2) is 0 Å². The molecule has 1 amide bonds. The van der Waals surface area contributed by atoms with E-state index in [0.29, 0.717) is 18.8 Å². The molecule has 1 aliphatic heterocycles. The maximum absolute atomic E-state index is 13.0. The summed E-state index contributed by atoms with van der Waals surface area (Å²) in [5, 5.41) is 3.37. The molecular formula is C19H25ClN2O3. The van der Waals surface area contributed by atoms with Gasteiger partial charge in [0.25, 0.3) is 5.91 Å². The number of hydrogen-bond donors (Lipinski definition) is 1. The third-order valence-electron chi connectivity index (χ3n) is 4.55. The third-order valence-corrected chi connectivity index (χ3v) is 4.55. The standard InChI is InChI=1S/C19H24N2O3.ClH/c1-4-16-13(2)11-18(24-16)19(22)21-10-9-20-12-15(21)14-7-5-6-8-17(14)23-3;/h5-8,11,15,20H,4,9-10,12H2,1-3H3;1H. The normalized spacial score (nSPS) is 17.1. The van der Waals surface area contributed by atoms with Crippen LogP contribution in [0.2, 0.25) is 0 Å². The fourth-order valence-corrected chi connectivity index (χ4v) is 3.28. The fraction of sp³-hybridized carbons (Fsp3) is 0.421. The predicted molar refractivity (Wildman–Crippen MR) is 99.7 cm³/mol. The van der Waals surface area contributed by atoms with Crippen LogP contribution in [0.25, 0.3) is 0 Å². The molecule has 6 heteroatoms. The summed E-state index contributed by atoms with van der Waals surface area (Å²) < 4.78 is 11.3. The number of nitrogens with zero attached hydrogens (tertiary/aromatic N) is 1. The molecule has 0 aliphatic carbocycles. The molecule has 0 saturated carbocycles. The zero-order valence-electron chi connectivity index (χ0n) is 14.9. The van der Waals surface area contributed by atoms with Crippen LogP contribution in [0.1, 0.15) is 40.4 Å². The van der Waals surface area contributed by atoms with E-state index in [-0.39, 0.29) is 24.4 Å². The van der Waals surface area contributed by atoms with Crippen molar-refractivity contribution in [3.05, 3.63) is 53.0 Å². The quantitative estimate of drug-likeness (QED) is 0.903. The monoisotopic (exact) mass is 364 g/mol. The zero-order valence-corrected chi connectivity index (χ0v) is 15.7. The number of piperazine rings is 1. The van der Waals surface area contributed by atoms with Crippen LogP contribution >= 0.6 is 12.4 Å². The van der Waals surface area contributed by atoms with Crippen molar-refractivity contribution in [2.24, 2.45) is 0 Å². The van der Waals surface area contributed by atoms with Crippen molar-refractivity contribution in [2.45, 2.75) is 26.3 Å². The second-order valence-corrected chi connectivity index (χ2v) is 6.03. The molecule has 5 nitrogen and oxygen atoms in total. The van der Waals surface area contributed by atoms with Gasteiger partial charge in [-0.2, -0.15) is 0 Å². The van der Waals surface area contributed by atoms with Crippen LogP contribution in [0, 0.1) is 6.92 Å². The Morgan fingerprint density at radius 2 is 2.16 bits per heavy atom. The minimum Gasteiger partial charge on any atom is -0.496 e. The lowest BCUT2D eigenvalue weighted by atomic mass is 10.0. The summed E-state index contributed by atoms with van der Waals surface area (Å²) >= 11 is 0. The number of amides is 1. The molecule has 0 bridgehead atoms. The van der Waals surface area contributed by atoms with Gasteiger partial charge in [-0.15, -0.1) is 12.4 Å². The Morgan fingerprint density at radius 3 is 2.84 bits per heavy atom. The Labute approximate surface area is 154 Å². The van der Waals surface area contributed by atoms with Crippen LogP contribution in [0.3, 0.4) is 0 Å². The van der Waals surface area contributed by atoms with Gasteiger partial charge in [0.15, 0.2) is 5.76 Å². The van der Waals surface area contributed by atoms with Crippen molar-refractivity contribution in [1.82, 2.24) is 10.2 Å². The molecule has 1 aromatic heterocycles. The summed E-state index contributed by atoms with van der Waals surface area (Å²) in [6.45, 7) is 6.13. The van der Waals surface area contributed by atoms with Crippen molar-refractivity contribution in [3.8, 4) is 5.75 Å². The highest BCUT2D eigenvalue weighted by molar-refractivity contribution is 5.92. The number of furan rings is 1. The molecule has 1 fully saturated rings. The van der Waals surface area contributed by atoms with Crippen molar-refractivity contribution >= 4 is 18.3 Å². The molecule has 1 N–H and O–H groups in total. The van der Waals surface area contributed by atoms with Crippen LogP contribution in [0.15, 0.2) is 34.7 Å². The van der Waals surface area contributed by atoms with Crippen molar-refractivity contribution in [2.75, 3.05) is 26.7 Å². The molecule has 2 heterocycles. The predicted octanol–water partition coefficient (Wildman–Crippen LogP) is 3.37. The van der Waals surface area contributed by atoms with E-state index in [9.17, 15) is 4.79 Å². The average molecular weight is 365 g/mol. The highest BCUT2D eigenvalue weighted by Gasteiger charge is 2.32. The number of halogens is 1. The van der Waals surface area contributed by atoms with E-state index >= 15 is 0 Å². The first-order valence-electron chi connectivity index (χ1n) is 8.39. The van der Waals surface area contributed by atoms with Gasteiger partial charge in [-0.05, 0) is 24.6 Å². The van der Waals surface area contributed by atoms with Gasteiger partial charge < -0.3 is 19.4 Å². The second kappa shape index (κ2) is 8.41. The molecule has 0 radical (unpaired) electrons. The summed E-state index contributed by atoms with van der Waals surface area (Å²) in [7, 11) is 1.66. The minimum atomic E-state index is -0.0714. The Hall–Kier alpha value is -1.98.